The Morgan fingerprint density at radius 2 is 2.21 bits per heavy atom. The summed E-state index contributed by atoms with van der Waals surface area (Å²) in [5, 5.41) is 14.4. The molecule has 5 rings (SSSR count). The molecule has 2 atom stereocenters. The molecule has 1 amide bonds. The second-order valence-corrected chi connectivity index (χ2v) is 7.33. The number of alkyl halides is 1. The maximum atomic E-state index is 14.6. The van der Waals surface area contributed by atoms with Crippen molar-refractivity contribution < 1.29 is 13.6 Å². The van der Waals surface area contributed by atoms with Crippen LogP contribution in [0.25, 0.3) is 27.5 Å². The summed E-state index contributed by atoms with van der Waals surface area (Å²) in [6.45, 7) is 1.66. The Hall–Kier alpha value is -3.00. The van der Waals surface area contributed by atoms with E-state index in [0.717, 1.165) is 5.56 Å². The smallest absolute Gasteiger partial charge is 0.231 e. The van der Waals surface area contributed by atoms with Gasteiger partial charge in [-0.15, -0.1) is 0 Å². The Bertz CT molecular complexity index is 1260. The fraction of sp³-hybridized carbons (Fsp3) is 0.211. The number of hydrogen-bond acceptors (Lipinski definition) is 3. The topological polar surface area (TPSA) is 75.1 Å². The molecule has 3 aromatic heterocycles. The molecule has 4 aromatic rings. The molecule has 1 fully saturated rings. The number of nitrogens with one attached hydrogen (secondary N) is 2. The second-order valence-electron chi connectivity index (χ2n) is 6.95. The van der Waals surface area contributed by atoms with Crippen molar-refractivity contribution in [3.05, 3.63) is 47.0 Å². The highest BCUT2D eigenvalue weighted by molar-refractivity contribution is 6.36. The van der Waals surface area contributed by atoms with E-state index in [1.807, 2.05) is 6.07 Å². The number of H-pyrrole nitrogens is 1. The van der Waals surface area contributed by atoms with Crippen LogP contribution in [-0.4, -0.2) is 31.9 Å². The fourth-order valence-electron chi connectivity index (χ4n) is 3.47. The highest BCUT2D eigenvalue weighted by Crippen LogP contribution is 2.38. The molecule has 9 heteroatoms. The zero-order valence-corrected chi connectivity index (χ0v) is 15.4. The molecule has 1 aliphatic carbocycles. The predicted molar refractivity (Wildman–Crippen MR) is 102 cm³/mol. The molecule has 1 aromatic carbocycles. The zero-order valence-electron chi connectivity index (χ0n) is 14.6. The minimum absolute atomic E-state index is 0.00965. The zero-order chi connectivity index (χ0) is 19.6. The number of anilines is 1. The van der Waals surface area contributed by atoms with Gasteiger partial charge >= 0.3 is 0 Å². The van der Waals surface area contributed by atoms with Crippen LogP contribution in [-0.2, 0) is 4.79 Å². The van der Waals surface area contributed by atoms with Gasteiger partial charge in [0.15, 0.2) is 5.82 Å². The fourth-order valence-corrected chi connectivity index (χ4v) is 3.75. The van der Waals surface area contributed by atoms with Gasteiger partial charge in [-0.05, 0) is 42.2 Å². The third-order valence-electron chi connectivity index (χ3n) is 5.08. The second kappa shape index (κ2) is 6.00. The van der Waals surface area contributed by atoms with E-state index in [4.69, 9.17) is 11.6 Å². The molecule has 142 valence electrons. The third kappa shape index (κ3) is 2.56. The van der Waals surface area contributed by atoms with Gasteiger partial charge in [0.1, 0.15) is 17.0 Å². The molecule has 1 saturated carbocycles. The maximum Gasteiger partial charge on any atom is 0.231 e. The van der Waals surface area contributed by atoms with Crippen LogP contribution in [0.15, 0.2) is 30.6 Å². The number of halogens is 3. The lowest BCUT2D eigenvalue weighted by molar-refractivity contribution is -0.117. The van der Waals surface area contributed by atoms with Crippen LogP contribution in [0.5, 0.6) is 0 Å². The molecule has 0 aliphatic heterocycles. The summed E-state index contributed by atoms with van der Waals surface area (Å²) < 4.78 is 29.2. The molecule has 0 unspecified atom stereocenters. The summed E-state index contributed by atoms with van der Waals surface area (Å²) in [5.74, 6) is -1.12. The van der Waals surface area contributed by atoms with Crippen molar-refractivity contribution in [3.63, 3.8) is 0 Å². The number of carbonyl (C=O) groups is 1. The van der Waals surface area contributed by atoms with Gasteiger partial charge in [-0.2, -0.15) is 10.2 Å². The third-order valence-corrected chi connectivity index (χ3v) is 5.43. The normalized spacial score (nSPS) is 18.7. The molecule has 3 heterocycles. The predicted octanol–water partition coefficient (Wildman–Crippen LogP) is 4.28. The summed E-state index contributed by atoms with van der Waals surface area (Å²) in [5.41, 5.74) is 2.99. The number of aromatic nitrogens is 4. The van der Waals surface area contributed by atoms with Crippen LogP contribution < -0.4 is 5.32 Å². The summed E-state index contributed by atoms with van der Waals surface area (Å²) >= 11 is 6.09. The van der Waals surface area contributed by atoms with Crippen LogP contribution >= 0.6 is 11.6 Å². The first-order chi connectivity index (χ1) is 13.4. The van der Waals surface area contributed by atoms with E-state index in [1.165, 1.54) is 0 Å². The molecule has 28 heavy (non-hydrogen) atoms. The van der Waals surface area contributed by atoms with Crippen molar-refractivity contribution in [1.29, 1.82) is 0 Å². The van der Waals surface area contributed by atoms with Crippen LogP contribution in [0.2, 0.25) is 5.02 Å². The minimum atomic E-state index is -1.07. The molecule has 0 radical (unpaired) electrons. The Morgan fingerprint density at radius 3 is 2.96 bits per heavy atom. The van der Waals surface area contributed by atoms with Crippen molar-refractivity contribution in [3.8, 4) is 11.1 Å². The van der Waals surface area contributed by atoms with E-state index in [2.05, 4.69) is 20.6 Å². The number of aromatic amines is 1. The maximum absolute atomic E-state index is 14.6. The summed E-state index contributed by atoms with van der Waals surface area (Å²) in [7, 11) is 0. The van der Waals surface area contributed by atoms with Crippen molar-refractivity contribution in [2.45, 2.75) is 19.5 Å². The molecule has 0 bridgehead atoms. The van der Waals surface area contributed by atoms with Crippen LogP contribution in [0, 0.1) is 18.7 Å². The molecule has 0 spiro atoms. The molecule has 1 aliphatic rings. The van der Waals surface area contributed by atoms with Gasteiger partial charge in [0, 0.05) is 17.6 Å². The van der Waals surface area contributed by atoms with Crippen LogP contribution in [0.4, 0.5) is 14.6 Å². The number of benzene rings is 1. The molecule has 6 nitrogen and oxygen atoms in total. The Kier molecular flexibility index (Phi) is 3.67. The number of amides is 1. The summed E-state index contributed by atoms with van der Waals surface area (Å²) in [6, 6.07) is 5.32. The average Bonchev–Trinajstić information content (AvgIpc) is 3.06. The number of pyridine rings is 1. The van der Waals surface area contributed by atoms with E-state index in [-0.39, 0.29) is 17.4 Å². The van der Waals surface area contributed by atoms with E-state index < -0.39 is 17.9 Å². The van der Waals surface area contributed by atoms with Crippen molar-refractivity contribution in [1.82, 2.24) is 19.8 Å². The number of carbonyl (C=O) groups excluding carboxylic acids is 1. The van der Waals surface area contributed by atoms with Gasteiger partial charge in [0.25, 0.3) is 0 Å². The summed E-state index contributed by atoms with van der Waals surface area (Å²) in [6.07, 6.45) is 2.51. The summed E-state index contributed by atoms with van der Waals surface area (Å²) in [4.78, 5) is 11.9. The number of fused-ring (bicyclic) bond motifs is 2. The monoisotopic (exact) mass is 401 g/mol. The number of nitrogens with zero attached hydrogens (tertiary/aromatic N) is 3. The van der Waals surface area contributed by atoms with Gasteiger partial charge < -0.3 is 5.32 Å². The largest absolute Gasteiger partial charge is 0.309 e. The standard InChI is InChI=1S/C19H14ClF2N5O/c1-8-15(12-7-23-25-18(12)16(20)17(8)22)9-2-3-27-10(4-9)5-14(26-27)24-19(28)11-6-13(11)21/h2-5,7,11,13H,6H2,1H3,(H,23,25)(H,24,26,28)/t11-,13+/m1/s1. The van der Waals surface area contributed by atoms with Crippen molar-refractivity contribution >= 4 is 39.7 Å². The van der Waals surface area contributed by atoms with E-state index in [9.17, 15) is 13.6 Å². The Labute approximate surface area is 162 Å². The molecular weight excluding hydrogens is 388 g/mol. The number of hydrogen-bond donors (Lipinski definition) is 2. The molecule has 0 saturated heterocycles. The van der Waals surface area contributed by atoms with E-state index >= 15 is 0 Å². The quantitative estimate of drug-likeness (QED) is 0.538. The van der Waals surface area contributed by atoms with E-state index in [1.54, 1.807) is 36.0 Å². The lowest BCUT2D eigenvalue weighted by Gasteiger charge is -2.11. The average molecular weight is 402 g/mol. The van der Waals surface area contributed by atoms with Gasteiger partial charge in [-0.25, -0.2) is 13.3 Å². The van der Waals surface area contributed by atoms with E-state index in [0.29, 0.717) is 33.4 Å². The Morgan fingerprint density at radius 1 is 1.43 bits per heavy atom. The minimum Gasteiger partial charge on any atom is -0.309 e. The highest BCUT2D eigenvalue weighted by Gasteiger charge is 2.43. The number of rotatable bonds is 3. The first kappa shape index (κ1) is 17.1. The van der Waals surface area contributed by atoms with Crippen molar-refractivity contribution in [2.24, 2.45) is 5.92 Å². The lowest BCUT2D eigenvalue weighted by atomic mass is 9.97. The first-order valence-electron chi connectivity index (χ1n) is 8.69. The first-order valence-corrected chi connectivity index (χ1v) is 9.07. The molecule has 2 N–H and O–H groups in total. The van der Waals surface area contributed by atoms with Gasteiger partial charge in [-0.1, -0.05) is 11.6 Å². The van der Waals surface area contributed by atoms with Crippen molar-refractivity contribution in [2.75, 3.05) is 5.32 Å². The Balaban J connectivity index is 1.58. The van der Waals surface area contributed by atoms with Gasteiger partial charge in [0.05, 0.1) is 23.1 Å². The molecular formula is C19H14ClF2N5O. The SMILES string of the molecule is Cc1c(F)c(Cl)c2[nH]ncc2c1-c1ccn2nc(NC(=O)[C@@H]3C[C@@H]3F)cc2c1. The lowest BCUT2D eigenvalue weighted by Crippen LogP contribution is -2.15. The van der Waals surface area contributed by atoms with Crippen LogP contribution in [0.1, 0.15) is 12.0 Å². The highest BCUT2D eigenvalue weighted by atomic mass is 35.5. The van der Waals surface area contributed by atoms with Crippen LogP contribution in [0.3, 0.4) is 0 Å². The van der Waals surface area contributed by atoms with Gasteiger partial charge in [0.2, 0.25) is 5.91 Å². The van der Waals surface area contributed by atoms with Gasteiger partial charge in [-0.3, -0.25) is 9.89 Å².